The molecule has 9 heteroatoms. The predicted octanol–water partition coefficient (Wildman–Crippen LogP) is 3.85. The highest BCUT2D eigenvalue weighted by Crippen LogP contribution is 2.32. The molecule has 1 heterocycles. The molecule has 0 unspecified atom stereocenters. The molecule has 3 aromatic rings. The fourth-order valence-electron chi connectivity index (χ4n) is 3.37. The average Bonchev–Trinajstić information content (AvgIpc) is 2.86. The Kier molecular flexibility index (Phi) is 7.54. The van der Waals surface area contributed by atoms with Crippen LogP contribution in [0.25, 0.3) is 0 Å². The van der Waals surface area contributed by atoms with E-state index in [-0.39, 0.29) is 10.8 Å². The summed E-state index contributed by atoms with van der Waals surface area (Å²) in [5.74, 6) is 1.44. The Morgan fingerprint density at radius 3 is 2.50 bits per heavy atom. The van der Waals surface area contributed by atoms with Crippen LogP contribution < -0.4 is 24.2 Å². The number of unbranched alkanes of at least 4 members (excludes halogenated alkanes) is 1. The van der Waals surface area contributed by atoms with Gasteiger partial charge in [0, 0.05) is 23.9 Å². The van der Waals surface area contributed by atoms with Gasteiger partial charge >= 0.3 is 0 Å². The van der Waals surface area contributed by atoms with Gasteiger partial charge in [-0.25, -0.2) is 8.42 Å². The van der Waals surface area contributed by atoms with Gasteiger partial charge in [-0.1, -0.05) is 24.3 Å². The number of rotatable bonds is 10. The highest BCUT2D eigenvalue weighted by Gasteiger charge is 2.20. The lowest BCUT2D eigenvalue weighted by Crippen LogP contribution is -2.25. The van der Waals surface area contributed by atoms with Crippen LogP contribution in [0.3, 0.4) is 0 Å². The third-order valence-electron chi connectivity index (χ3n) is 5.07. The van der Waals surface area contributed by atoms with Gasteiger partial charge in [-0.2, -0.15) is 0 Å². The maximum atomic E-state index is 12.8. The summed E-state index contributed by atoms with van der Waals surface area (Å²) >= 11 is 0. The Balaban J connectivity index is 1.28. The first kappa shape index (κ1) is 23.4. The van der Waals surface area contributed by atoms with E-state index in [1.807, 2.05) is 30.3 Å². The van der Waals surface area contributed by atoms with Crippen molar-refractivity contribution in [3.8, 4) is 17.2 Å². The molecule has 3 aromatic carbocycles. The maximum absolute atomic E-state index is 12.8. The number of fused-ring (bicyclic) bond motifs is 1. The summed E-state index contributed by atoms with van der Waals surface area (Å²) in [5.41, 5.74) is 0.654. The summed E-state index contributed by atoms with van der Waals surface area (Å²) < 4.78 is 44.7. The molecule has 0 fully saturated rings. The second kappa shape index (κ2) is 10.9. The Morgan fingerprint density at radius 2 is 1.68 bits per heavy atom. The van der Waals surface area contributed by atoms with Gasteiger partial charge in [-0.3, -0.25) is 9.52 Å². The molecule has 0 aliphatic carbocycles. The van der Waals surface area contributed by atoms with E-state index in [2.05, 4.69) is 10.0 Å². The van der Waals surface area contributed by atoms with Gasteiger partial charge < -0.3 is 19.5 Å². The zero-order chi connectivity index (χ0) is 23.8. The molecule has 0 radical (unpaired) electrons. The van der Waals surface area contributed by atoms with Crippen LogP contribution in [0.2, 0.25) is 0 Å². The van der Waals surface area contributed by atoms with Gasteiger partial charge in [0.1, 0.15) is 19.0 Å². The molecule has 4 rings (SSSR count). The van der Waals surface area contributed by atoms with Crippen molar-refractivity contribution >= 4 is 21.6 Å². The average molecular weight is 483 g/mol. The number of hydrogen-bond donors (Lipinski definition) is 2. The SMILES string of the molecule is O=C(NCCCCOc1ccccc1)c1cccc(NS(=O)(=O)c2ccc3c(c2)OCCO3)c1. The second-order valence-electron chi connectivity index (χ2n) is 7.62. The topological polar surface area (TPSA) is 103 Å². The summed E-state index contributed by atoms with van der Waals surface area (Å²) in [6, 6.07) is 20.4. The van der Waals surface area contributed by atoms with E-state index in [1.165, 1.54) is 18.2 Å². The third kappa shape index (κ3) is 6.20. The van der Waals surface area contributed by atoms with Crippen LogP contribution >= 0.6 is 0 Å². The number of benzene rings is 3. The quantitative estimate of drug-likeness (QED) is 0.426. The number of hydrogen-bond acceptors (Lipinski definition) is 6. The number of nitrogens with one attached hydrogen (secondary N) is 2. The summed E-state index contributed by atoms with van der Waals surface area (Å²) in [4.78, 5) is 12.5. The lowest BCUT2D eigenvalue weighted by atomic mass is 10.2. The molecule has 8 nitrogen and oxygen atoms in total. The van der Waals surface area contributed by atoms with E-state index in [0.717, 1.165) is 18.6 Å². The number of para-hydroxylation sites is 1. The van der Waals surface area contributed by atoms with Gasteiger partial charge in [0.15, 0.2) is 11.5 Å². The smallest absolute Gasteiger partial charge is 0.262 e. The summed E-state index contributed by atoms with van der Waals surface area (Å²) in [5, 5.41) is 2.85. The van der Waals surface area contributed by atoms with Crippen molar-refractivity contribution in [1.29, 1.82) is 0 Å². The normalized spacial score (nSPS) is 12.6. The first-order chi connectivity index (χ1) is 16.5. The number of anilines is 1. The first-order valence-corrected chi connectivity index (χ1v) is 12.5. The van der Waals surface area contributed by atoms with Gasteiger partial charge in [-0.05, 0) is 55.3 Å². The summed E-state index contributed by atoms with van der Waals surface area (Å²) in [7, 11) is -3.87. The highest BCUT2D eigenvalue weighted by atomic mass is 32.2. The van der Waals surface area contributed by atoms with Crippen molar-refractivity contribution in [2.24, 2.45) is 0 Å². The van der Waals surface area contributed by atoms with Gasteiger partial charge in [0.2, 0.25) is 0 Å². The van der Waals surface area contributed by atoms with E-state index in [9.17, 15) is 13.2 Å². The number of carbonyl (C=O) groups excluding carboxylic acids is 1. The molecule has 0 spiro atoms. The molecule has 0 atom stereocenters. The lowest BCUT2D eigenvalue weighted by Gasteiger charge is -2.19. The van der Waals surface area contributed by atoms with Crippen molar-refractivity contribution in [2.75, 3.05) is 31.1 Å². The first-order valence-electron chi connectivity index (χ1n) is 11.0. The van der Waals surface area contributed by atoms with Crippen LogP contribution in [0.5, 0.6) is 17.2 Å². The monoisotopic (exact) mass is 482 g/mol. The zero-order valence-corrected chi connectivity index (χ0v) is 19.3. The number of amides is 1. The minimum Gasteiger partial charge on any atom is -0.494 e. The van der Waals surface area contributed by atoms with Crippen molar-refractivity contribution < 1.29 is 27.4 Å². The van der Waals surface area contributed by atoms with Crippen molar-refractivity contribution in [3.05, 3.63) is 78.4 Å². The Bertz CT molecular complexity index is 1230. The minimum absolute atomic E-state index is 0.0457. The standard InChI is InChI=1S/C25H26N2O6S/c28-25(26-13-4-5-14-31-21-9-2-1-3-10-21)19-7-6-8-20(17-19)27-34(29,30)22-11-12-23-24(18-22)33-16-15-32-23/h1-3,6-12,17-18,27H,4-5,13-16H2,(H,26,28). The minimum atomic E-state index is -3.87. The number of sulfonamides is 1. The molecule has 34 heavy (non-hydrogen) atoms. The van der Waals surface area contributed by atoms with Crippen LogP contribution in [-0.2, 0) is 10.0 Å². The largest absolute Gasteiger partial charge is 0.494 e. The van der Waals surface area contributed by atoms with Gasteiger partial charge in [-0.15, -0.1) is 0 Å². The van der Waals surface area contributed by atoms with Crippen LogP contribution in [-0.4, -0.2) is 40.7 Å². The molecule has 0 aromatic heterocycles. The van der Waals surface area contributed by atoms with Crippen molar-refractivity contribution in [1.82, 2.24) is 5.32 Å². The van der Waals surface area contributed by atoms with E-state index < -0.39 is 10.0 Å². The highest BCUT2D eigenvalue weighted by molar-refractivity contribution is 7.92. The number of carbonyl (C=O) groups is 1. The Hall–Kier alpha value is -3.72. The zero-order valence-electron chi connectivity index (χ0n) is 18.5. The molecule has 2 N–H and O–H groups in total. The molecule has 0 saturated heterocycles. The molecule has 1 aliphatic rings. The van der Waals surface area contributed by atoms with E-state index >= 15 is 0 Å². The van der Waals surface area contributed by atoms with Crippen molar-refractivity contribution in [2.45, 2.75) is 17.7 Å². The van der Waals surface area contributed by atoms with Crippen molar-refractivity contribution in [3.63, 3.8) is 0 Å². The van der Waals surface area contributed by atoms with Gasteiger partial charge in [0.05, 0.1) is 11.5 Å². The molecular formula is C25H26N2O6S. The van der Waals surface area contributed by atoms with E-state index in [4.69, 9.17) is 14.2 Å². The van der Waals surface area contributed by atoms with Crippen LogP contribution in [0, 0.1) is 0 Å². The van der Waals surface area contributed by atoms with Gasteiger partial charge in [0.25, 0.3) is 15.9 Å². The van der Waals surface area contributed by atoms with E-state index in [1.54, 1.807) is 24.3 Å². The van der Waals surface area contributed by atoms with E-state index in [0.29, 0.717) is 49.1 Å². The molecule has 1 amide bonds. The Morgan fingerprint density at radius 1 is 0.882 bits per heavy atom. The Labute approximate surface area is 198 Å². The molecule has 178 valence electrons. The third-order valence-corrected chi connectivity index (χ3v) is 6.45. The summed E-state index contributed by atoms with van der Waals surface area (Å²) in [6.07, 6.45) is 1.56. The number of ether oxygens (including phenoxy) is 3. The van der Waals surface area contributed by atoms with Crippen LogP contribution in [0.15, 0.2) is 77.7 Å². The van der Waals surface area contributed by atoms with Crippen LogP contribution in [0.1, 0.15) is 23.2 Å². The fourth-order valence-corrected chi connectivity index (χ4v) is 4.43. The molecule has 0 bridgehead atoms. The predicted molar refractivity (Wildman–Crippen MR) is 128 cm³/mol. The lowest BCUT2D eigenvalue weighted by molar-refractivity contribution is 0.0952. The fraction of sp³-hybridized carbons (Fsp3) is 0.240. The molecule has 1 aliphatic heterocycles. The second-order valence-corrected chi connectivity index (χ2v) is 9.30. The van der Waals surface area contributed by atoms with Crippen LogP contribution in [0.4, 0.5) is 5.69 Å². The summed E-state index contributed by atoms with van der Waals surface area (Å²) in [6.45, 7) is 1.84. The molecular weight excluding hydrogens is 456 g/mol. The maximum Gasteiger partial charge on any atom is 0.262 e. The molecule has 0 saturated carbocycles.